The fourth-order valence-corrected chi connectivity index (χ4v) is 1.43. The molecule has 0 aliphatic rings. The first-order chi connectivity index (χ1) is 5.68. The van der Waals surface area contributed by atoms with Crippen molar-refractivity contribution in [2.45, 2.75) is 0 Å². The average Bonchev–Trinajstić information content (AvgIpc) is 2.28. The van der Waals surface area contributed by atoms with Crippen molar-refractivity contribution in [2.75, 3.05) is 5.73 Å². The van der Waals surface area contributed by atoms with Crippen molar-refractivity contribution in [3.63, 3.8) is 0 Å². The van der Waals surface area contributed by atoms with Crippen LogP contribution in [0.5, 0.6) is 0 Å². The molecule has 0 saturated carbocycles. The lowest BCUT2D eigenvalue weighted by molar-refractivity contribution is -0.728. The highest BCUT2D eigenvalue weighted by molar-refractivity contribution is 5.78. The summed E-state index contributed by atoms with van der Waals surface area (Å²) in [5.74, 6) is 0. The van der Waals surface area contributed by atoms with Crippen LogP contribution in [-0.4, -0.2) is 4.68 Å². The Morgan fingerprint density at radius 3 is 2.92 bits per heavy atom. The van der Waals surface area contributed by atoms with E-state index in [4.69, 9.17) is 5.73 Å². The number of anilines is 1. The van der Waals surface area contributed by atoms with Crippen LogP contribution in [-0.2, 0) is 14.1 Å². The second kappa shape index (κ2) is 2.24. The lowest BCUT2D eigenvalue weighted by Gasteiger charge is -1.89. The van der Waals surface area contributed by atoms with E-state index < -0.39 is 0 Å². The van der Waals surface area contributed by atoms with Crippen molar-refractivity contribution in [2.24, 2.45) is 14.1 Å². The molecular weight excluding hydrogens is 150 g/mol. The van der Waals surface area contributed by atoms with Crippen molar-refractivity contribution in [3.8, 4) is 0 Å². The second-order valence-corrected chi connectivity index (χ2v) is 3.04. The number of hydrogen-bond acceptors (Lipinski definition) is 1. The molecule has 12 heavy (non-hydrogen) atoms. The highest BCUT2D eigenvalue weighted by atomic mass is 15.4. The van der Waals surface area contributed by atoms with E-state index in [1.807, 2.05) is 37.0 Å². The quantitative estimate of drug-likeness (QED) is 0.446. The third kappa shape index (κ3) is 0.863. The largest absolute Gasteiger partial charge is 0.399 e. The third-order valence-electron chi connectivity index (χ3n) is 2.20. The Morgan fingerprint density at radius 1 is 1.42 bits per heavy atom. The molecule has 1 heterocycles. The molecule has 0 bridgehead atoms. The van der Waals surface area contributed by atoms with Gasteiger partial charge in [0.25, 0.3) is 0 Å². The molecule has 2 aromatic rings. The number of fused-ring (bicyclic) bond motifs is 1. The molecule has 0 radical (unpaired) electrons. The first-order valence-electron chi connectivity index (χ1n) is 3.89. The fourth-order valence-electron chi connectivity index (χ4n) is 1.43. The predicted octanol–water partition coefficient (Wildman–Crippen LogP) is 0.585. The summed E-state index contributed by atoms with van der Waals surface area (Å²) in [6.07, 6.45) is 2.06. The van der Waals surface area contributed by atoms with Crippen LogP contribution in [0.1, 0.15) is 0 Å². The molecule has 0 fully saturated rings. The number of rotatable bonds is 0. The zero-order valence-corrected chi connectivity index (χ0v) is 7.28. The van der Waals surface area contributed by atoms with Gasteiger partial charge in [-0.05, 0) is 12.1 Å². The molecule has 0 aliphatic carbocycles. The van der Waals surface area contributed by atoms with E-state index in [1.54, 1.807) is 0 Å². The van der Waals surface area contributed by atoms with E-state index in [0.29, 0.717) is 0 Å². The van der Waals surface area contributed by atoms with E-state index in [2.05, 4.69) is 10.9 Å². The van der Waals surface area contributed by atoms with E-state index in [0.717, 1.165) is 5.69 Å². The molecule has 0 aliphatic heterocycles. The summed E-state index contributed by atoms with van der Waals surface area (Å²) >= 11 is 0. The summed E-state index contributed by atoms with van der Waals surface area (Å²) in [7, 11) is 4.04. The fraction of sp³-hybridized carbons (Fsp3) is 0.222. The predicted molar refractivity (Wildman–Crippen MR) is 48.5 cm³/mol. The van der Waals surface area contributed by atoms with E-state index in [9.17, 15) is 0 Å². The Hall–Kier alpha value is -1.51. The minimum Gasteiger partial charge on any atom is -0.399 e. The van der Waals surface area contributed by atoms with E-state index in [1.165, 1.54) is 10.9 Å². The van der Waals surface area contributed by atoms with Crippen molar-refractivity contribution in [1.29, 1.82) is 0 Å². The van der Waals surface area contributed by atoms with Crippen LogP contribution in [0.3, 0.4) is 0 Å². The minimum atomic E-state index is 0.814. The molecule has 3 nitrogen and oxygen atoms in total. The number of aromatic nitrogens is 2. The van der Waals surface area contributed by atoms with Gasteiger partial charge in [0.1, 0.15) is 0 Å². The zero-order chi connectivity index (χ0) is 8.72. The lowest BCUT2D eigenvalue weighted by atomic mass is 10.2. The van der Waals surface area contributed by atoms with Crippen LogP contribution in [0.15, 0.2) is 24.4 Å². The number of nitrogens with two attached hydrogens (primary N) is 1. The van der Waals surface area contributed by atoms with Crippen LogP contribution in [0.4, 0.5) is 5.69 Å². The smallest absolute Gasteiger partial charge is 0.238 e. The van der Waals surface area contributed by atoms with E-state index in [-0.39, 0.29) is 0 Å². The first kappa shape index (κ1) is 7.16. The van der Waals surface area contributed by atoms with Crippen LogP contribution >= 0.6 is 0 Å². The average molecular weight is 162 g/mol. The molecule has 3 heteroatoms. The Bertz CT molecular complexity index is 429. The van der Waals surface area contributed by atoms with Crippen LogP contribution in [0, 0.1) is 0 Å². The Kier molecular flexibility index (Phi) is 1.33. The number of nitrogens with zero attached hydrogens (tertiary/aromatic N) is 2. The lowest BCUT2D eigenvalue weighted by Crippen LogP contribution is -2.36. The molecule has 0 spiro atoms. The maximum atomic E-state index is 5.66. The monoisotopic (exact) mass is 162 g/mol. The standard InChI is InChI=1S/C9H12N3/c1-11-6-7-5-8(10)3-4-9(7)12(11)2/h3-6H,10H2,1-2H3/q+1. The van der Waals surface area contributed by atoms with Gasteiger partial charge in [-0.3, -0.25) is 0 Å². The highest BCUT2D eigenvalue weighted by Crippen LogP contribution is 2.13. The van der Waals surface area contributed by atoms with Gasteiger partial charge in [0.15, 0.2) is 7.05 Å². The normalized spacial score (nSPS) is 10.8. The maximum Gasteiger partial charge on any atom is 0.238 e. The number of hydrogen-bond donors (Lipinski definition) is 1. The van der Waals surface area contributed by atoms with Gasteiger partial charge in [0.2, 0.25) is 5.52 Å². The van der Waals surface area contributed by atoms with Crippen molar-refractivity contribution < 1.29 is 4.68 Å². The van der Waals surface area contributed by atoms with Crippen molar-refractivity contribution in [3.05, 3.63) is 24.4 Å². The van der Waals surface area contributed by atoms with Gasteiger partial charge in [-0.1, -0.05) is 0 Å². The van der Waals surface area contributed by atoms with Gasteiger partial charge < -0.3 is 5.73 Å². The Balaban J connectivity index is 2.87. The Morgan fingerprint density at radius 2 is 2.17 bits per heavy atom. The van der Waals surface area contributed by atoms with Gasteiger partial charge in [0.05, 0.1) is 18.6 Å². The van der Waals surface area contributed by atoms with Gasteiger partial charge in [-0.15, -0.1) is 4.68 Å². The molecule has 0 amide bonds. The van der Waals surface area contributed by atoms with Crippen molar-refractivity contribution in [1.82, 2.24) is 4.68 Å². The summed E-state index contributed by atoms with van der Waals surface area (Å²) in [6, 6.07) is 5.93. The first-order valence-corrected chi connectivity index (χ1v) is 3.89. The molecule has 0 saturated heterocycles. The summed E-state index contributed by atoms with van der Waals surface area (Å²) in [4.78, 5) is 0. The molecule has 1 aromatic heterocycles. The van der Waals surface area contributed by atoms with Crippen molar-refractivity contribution >= 4 is 16.6 Å². The van der Waals surface area contributed by atoms with Crippen LogP contribution in [0.25, 0.3) is 10.9 Å². The maximum absolute atomic E-state index is 5.66. The molecule has 1 aromatic carbocycles. The van der Waals surface area contributed by atoms with Gasteiger partial charge in [0, 0.05) is 11.8 Å². The van der Waals surface area contributed by atoms with Gasteiger partial charge in [-0.2, -0.15) is 4.68 Å². The zero-order valence-electron chi connectivity index (χ0n) is 7.28. The molecular formula is C9H12N3+. The number of nitrogen functional groups attached to an aromatic ring is 1. The molecule has 62 valence electrons. The number of benzene rings is 1. The molecule has 2 rings (SSSR count). The minimum absolute atomic E-state index is 0.814. The van der Waals surface area contributed by atoms with Crippen LogP contribution in [0.2, 0.25) is 0 Å². The third-order valence-corrected chi connectivity index (χ3v) is 2.20. The summed E-state index contributed by atoms with van der Waals surface area (Å²) in [5.41, 5.74) is 7.68. The Labute approximate surface area is 71.0 Å². The summed E-state index contributed by atoms with van der Waals surface area (Å²) in [5, 5.41) is 1.18. The second-order valence-electron chi connectivity index (χ2n) is 3.04. The summed E-state index contributed by atoms with van der Waals surface area (Å²) in [6.45, 7) is 0. The molecule has 0 unspecified atom stereocenters. The number of aryl methyl sites for hydroxylation is 2. The summed E-state index contributed by atoms with van der Waals surface area (Å²) < 4.78 is 4.11. The highest BCUT2D eigenvalue weighted by Gasteiger charge is 2.08. The molecule has 2 N–H and O–H groups in total. The van der Waals surface area contributed by atoms with Crippen LogP contribution < -0.4 is 10.4 Å². The van der Waals surface area contributed by atoms with Gasteiger partial charge in [-0.25, -0.2) is 0 Å². The topological polar surface area (TPSA) is 34.8 Å². The van der Waals surface area contributed by atoms with Gasteiger partial charge >= 0.3 is 0 Å². The molecule has 0 atom stereocenters. The van der Waals surface area contributed by atoms with E-state index >= 15 is 0 Å². The SMILES string of the molecule is Cn1cc2cc(N)ccc2[n+]1C.